The first-order valence-corrected chi connectivity index (χ1v) is 10.7. The summed E-state index contributed by atoms with van der Waals surface area (Å²) in [6, 6.07) is 12.8. The van der Waals surface area contributed by atoms with Gasteiger partial charge in [-0.15, -0.1) is 0 Å². The number of fused-ring (bicyclic) bond motifs is 2. The van der Waals surface area contributed by atoms with Crippen molar-refractivity contribution in [3.05, 3.63) is 93.5 Å². The molecular formula is C22H17ClN4O2S. The van der Waals surface area contributed by atoms with Crippen molar-refractivity contribution in [2.75, 3.05) is 0 Å². The van der Waals surface area contributed by atoms with Crippen molar-refractivity contribution in [3.63, 3.8) is 0 Å². The molecule has 0 fully saturated rings. The van der Waals surface area contributed by atoms with Crippen molar-refractivity contribution in [3.8, 4) is 0 Å². The SMILES string of the molecule is Cc1ccc2nc(CSc3nc4cc(Cl)ccc4c(=O)n3Cc3ccco3)cn2c1. The quantitative estimate of drug-likeness (QED) is 0.288. The second-order valence-corrected chi connectivity index (χ2v) is 8.40. The van der Waals surface area contributed by atoms with Gasteiger partial charge in [0.2, 0.25) is 0 Å². The summed E-state index contributed by atoms with van der Waals surface area (Å²) in [7, 11) is 0. The van der Waals surface area contributed by atoms with Crippen LogP contribution in [-0.2, 0) is 12.3 Å². The Hall–Kier alpha value is -3.03. The number of imidazole rings is 1. The molecule has 0 N–H and O–H groups in total. The predicted molar refractivity (Wildman–Crippen MR) is 118 cm³/mol. The Balaban J connectivity index is 1.54. The van der Waals surface area contributed by atoms with Crippen LogP contribution >= 0.6 is 23.4 Å². The fourth-order valence-electron chi connectivity index (χ4n) is 3.35. The number of benzene rings is 1. The van der Waals surface area contributed by atoms with Crippen molar-refractivity contribution >= 4 is 39.9 Å². The van der Waals surface area contributed by atoms with Gasteiger partial charge in [-0.05, 0) is 48.9 Å². The first-order valence-electron chi connectivity index (χ1n) is 9.36. The average molecular weight is 437 g/mol. The zero-order valence-electron chi connectivity index (χ0n) is 16.1. The van der Waals surface area contributed by atoms with Crippen LogP contribution in [0.15, 0.2) is 75.5 Å². The van der Waals surface area contributed by atoms with Gasteiger partial charge in [0.25, 0.3) is 5.56 Å². The van der Waals surface area contributed by atoms with Gasteiger partial charge in [-0.25, -0.2) is 9.97 Å². The molecule has 1 aromatic carbocycles. The highest BCUT2D eigenvalue weighted by Gasteiger charge is 2.14. The first kappa shape index (κ1) is 19.0. The largest absolute Gasteiger partial charge is 0.467 e. The second kappa shape index (κ2) is 7.66. The molecule has 0 aliphatic heterocycles. The van der Waals surface area contributed by atoms with Crippen molar-refractivity contribution < 1.29 is 4.42 Å². The van der Waals surface area contributed by atoms with E-state index in [-0.39, 0.29) is 5.56 Å². The number of aromatic nitrogens is 4. The Kier molecular flexibility index (Phi) is 4.84. The molecule has 0 amide bonds. The number of thioether (sulfide) groups is 1. The molecule has 0 spiro atoms. The van der Waals surface area contributed by atoms with Gasteiger partial charge in [0.15, 0.2) is 5.16 Å². The number of rotatable bonds is 5. The van der Waals surface area contributed by atoms with E-state index in [1.807, 2.05) is 41.9 Å². The van der Waals surface area contributed by atoms with Crippen LogP contribution in [0, 0.1) is 6.92 Å². The maximum absolute atomic E-state index is 13.2. The van der Waals surface area contributed by atoms with E-state index in [1.54, 1.807) is 35.1 Å². The van der Waals surface area contributed by atoms with Crippen molar-refractivity contribution in [1.82, 2.24) is 18.9 Å². The standard InChI is InChI=1S/C22H17ClN4O2S/c1-14-4-7-20-24-16(11-26(20)10-14)13-30-22-25-19-9-15(23)5-6-18(19)21(28)27(22)12-17-3-2-8-29-17/h2-11H,12-13H2,1H3. The lowest BCUT2D eigenvalue weighted by atomic mass is 10.2. The number of hydrogen-bond acceptors (Lipinski definition) is 5. The number of aryl methyl sites for hydroxylation is 1. The van der Waals surface area contributed by atoms with Crippen LogP contribution in [0.25, 0.3) is 16.6 Å². The molecule has 0 aliphatic rings. The summed E-state index contributed by atoms with van der Waals surface area (Å²) in [5.74, 6) is 1.27. The Morgan fingerprint density at radius 1 is 1.13 bits per heavy atom. The van der Waals surface area contributed by atoms with Gasteiger partial charge in [0.1, 0.15) is 11.4 Å². The van der Waals surface area contributed by atoms with Gasteiger partial charge in [-0.1, -0.05) is 29.4 Å². The van der Waals surface area contributed by atoms with E-state index in [1.165, 1.54) is 17.3 Å². The van der Waals surface area contributed by atoms with Crippen LogP contribution in [0.5, 0.6) is 0 Å². The Labute approximate surface area is 181 Å². The maximum atomic E-state index is 13.2. The van der Waals surface area contributed by atoms with Crippen LogP contribution in [0.3, 0.4) is 0 Å². The Bertz CT molecular complexity index is 1420. The topological polar surface area (TPSA) is 65.3 Å². The number of halogens is 1. The number of pyridine rings is 1. The molecule has 0 aliphatic carbocycles. The average Bonchev–Trinajstić information content (AvgIpc) is 3.37. The van der Waals surface area contributed by atoms with Gasteiger partial charge in [0, 0.05) is 23.2 Å². The summed E-state index contributed by atoms with van der Waals surface area (Å²) in [5.41, 5.74) is 3.43. The minimum Gasteiger partial charge on any atom is -0.467 e. The molecule has 4 heterocycles. The van der Waals surface area contributed by atoms with Crippen molar-refractivity contribution in [2.45, 2.75) is 24.4 Å². The lowest BCUT2D eigenvalue weighted by Gasteiger charge is -2.12. The molecule has 0 unspecified atom stereocenters. The van der Waals surface area contributed by atoms with Crippen LogP contribution in [0.2, 0.25) is 5.02 Å². The molecule has 5 aromatic rings. The predicted octanol–water partition coefficient (Wildman–Crippen LogP) is 4.94. The van der Waals surface area contributed by atoms with E-state index in [9.17, 15) is 4.79 Å². The molecule has 4 aromatic heterocycles. The number of nitrogens with zero attached hydrogens (tertiary/aromatic N) is 4. The third kappa shape index (κ3) is 3.62. The summed E-state index contributed by atoms with van der Waals surface area (Å²) in [6.07, 6.45) is 5.64. The van der Waals surface area contributed by atoms with E-state index >= 15 is 0 Å². The fourth-order valence-corrected chi connectivity index (χ4v) is 4.39. The molecule has 6 nitrogen and oxygen atoms in total. The second-order valence-electron chi connectivity index (χ2n) is 7.02. The Morgan fingerprint density at radius 2 is 2.03 bits per heavy atom. The molecule has 150 valence electrons. The molecule has 8 heteroatoms. The summed E-state index contributed by atoms with van der Waals surface area (Å²) in [5, 5.41) is 1.67. The van der Waals surface area contributed by atoms with E-state index in [0.717, 1.165) is 11.3 Å². The van der Waals surface area contributed by atoms with E-state index in [0.29, 0.717) is 39.1 Å². The third-order valence-electron chi connectivity index (χ3n) is 4.77. The van der Waals surface area contributed by atoms with E-state index in [2.05, 4.69) is 4.98 Å². The van der Waals surface area contributed by atoms with Crippen LogP contribution < -0.4 is 5.56 Å². The highest BCUT2D eigenvalue weighted by molar-refractivity contribution is 7.98. The molecular weight excluding hydrogens is 420 g/mol. The van der Waals surface area contributed by atoms with Gasteiger partial charge >= 0.3 is 0 Å². The van der Waals surface area contributed by atoms with Gasteiger partial charge in [0.05, 0.1) is 29.4 Å². The van der Waals surface area contributed by atoms with Gasteiger partial charge in [-0.3, -0.25) is 9.36 Å². The minimum absolute atomic E-state index is 0.124. The normalized spacial score (nSPS) is 11.5. The van der Waals surface area contributed by atoms with Crippen LogP contribution in [0.4, 0.5) is 0 Å². The van der Waals surface area contributed by atoms with E-state index in [4.69, 9.17) is 21.0 Å². The highest BCUT2D eigenvalue weighted by atomic mass is 35.5. The smallest absolute Gasteiger partial charge is 0.262 e. The molecule has 0 atom stereocenters. The number of furan rings is 1. The van der Waals surface area contributed by atoms with Crippen LogP contribution in [0.1, 0.15) is 17.0 Å². The van der Waals surface area contributed by atoms with E-state index < -0.39 is 0 Å². The zero-order valence-corrected chi connectivity index (χ0v) is 17.7. The van der Waals surface area contributed by atoms with Crippen molar-refractivity contribution in [2.24, 2.45) is 0 Å². The molecule has 0 saturated heterocycles. The molecule has 30 heavy (non-hydrogen) atoms. The molecule has 0 radical (unpaired) electrons. The van der Waals surface area contributed by atoms with Gasteiger partial charge < -0.3 is 8.82 Å². The lowest BCUT2D eigenvalue weighted by molar-refractivity contribution is 0.476. The first-order chi connectivity index (χ1) is 14.6. The lowest BCUT2D eigenvalue weighted by Crippen LogP contribution is -2.23. The number of hydrogen-bond donors (Lipinski definition) is 0. The zero-order chi connectivity index (χ0) is 20.7. The summed E-state index contributed by atoms with van der Waals surface area (Å²) < 4.78 is 9.11. The molecule has 0 saturated carbocycles. The monoisotopic (exact) mass is 436 g/mol. The Morgan fingerprint density at radius 3 is 2.87 bits per heavy atom. The third-order valence-corrected chi connectivity index (χ3v) is 6.02. The summed E-state index contributed by atoms with van der Waals surface area (Å²) >= 11 is 7.59. The maximum Gasteiger partial charge on any atom is 0.262 e. The van der Waals surface area contributed by atoms with Crippen LogP contribution in [-0.4, -0.2) is 18.9 Å². The van der Waals surface area contributed by atoms with Crippen molar-refractivity contribution in [1.29, 1.82) is 0 Å². The molecule has 5 rings (SSSR count). The van der Waals surface area contributed by atoms with Gasteiger partial charge in [-0.2, -0.15) is 0 Å². The molecule has 0 bridgehead atoms. The summed E-state index contributed by atoms with van der Waals surface area (Å²) in [4.78, 5) is 22.6. The highest BCUT2D eigenvalue weighted by Crippen LogP contribution is 2.24. The minimum atomic E-state index is -0.124. The summed E-state index contributed by atoms with van der Waals surface area (Å²) in [6.45, 7) is 2.36. The fraction of sp³-hybridized carbons (Fsp3) is 0.136.